The summed E-state index contributed by atoms with van der Waals surface area (Å²) >= 11 is 5.85. The van der Waals surface area contributed by atoms with Gasteiger partial charge in [0.05, 0.1) is 18.4 Å². The normalized spacial score (nSPS) is 14.5. The third-order valence-corrected chi connectivity index (χ3v) is 3.38. The molecule has 1 aromatic carbocycles. The van der Waals surface area contributed by atoms with Crippen molar-refractivity contribution in [3.8, 4) is 5.75 Å². The van der Waals surface area contributed by atoms with E-state index in [-0.39, 0.29) is 11.1 Å². The number of fused-ring (bicyclic) bond motifs is 1. The Morgan fingerprint density at radius 3 is 2.89 bits per heavy atom. The summed E-state index contributed by atoms with van der Waals surface area (Å²) in [4.78, 5) is 14.1. The van der Waals surface area contributed by atoms with Crippen molar-refractivity contribution in [1.82, 2.24) is 4.90 Å². The second-order valence-electron chi connectivity index (χ2n) is 4.29. The minimum Gasteiger partial charge on any atom is -0.491 e. The van der Waals surface area contributed by atoms with Gasteiger partial charge in [0.1, 0.15) is 12.4 Å². The van der Waals surface area contributed by atoms with Crippen LogP contribution in [0.1, 0.15) is 15.9 Å². The fourth-order valence-corrected chi connectivity index (χ4v) is 2.31. The molecule has 98 valence electrons. The number of furan rings is 1. The summed E-state index contributed by atoms with van der Waals surface area (Å²) in [5, 5.41) is 0.128. The van der Waals surface area contributed by atoms with Gasteiger partial charge >= 0.3 is 0 Å². The Morgan fingerprint density at radius 2 is 2.11 bits per heavy atom. The quantitative estimate of drug-likeness (QED) is 0.805. The Kier molecular flexibility index (Phi) is 3.17. The molecule has 4 nitrogen and oxygen atoms in total. The van der Waals surface area contributed by atoms with Crippen LogP contribution in [0.3, 0.4) is 0 Å². The summed E-state index contributed by atoms with van der Waals surface area (Å²) in [7, 11) is 0. The van der Waals surface area contributed by atoms with E-state index in [1.54, 1.807) is 11.0 Å². The first-order chi connectivity index (χ1) is 9.25. The predicted molar refractivity (Wildman–Crippen MR) is 70.4 cm³/mol. The fourth-order valence-electron chi connectivity index (χ4n) is 2.12. The smallest absolute Gasteiger partial charge is 0.259 e. The van der Waals surface area contributed by atoms with Gasteiger partial charge in [-0.2, -0.15) is 0 Å². The van der Waals surface area contributed by atoms with Crippen LogP contribution in [-0.2, 0) is 6.54 Å². The predicted octanol–water partition coefficient (Wildman–Crippen LogP) is 2.97. The fraction of sp³-hybridized carbons (Fsp3) is 0.214. The van der Waals surface area contributed by atoms with Crippen LogP contribution >= 0.6 is 11.6 Å². The van der Waals surface area contributed by atoms with Crippen molar-refractivity contribution in [3.05, 3.63) is 52.9 Å². The van der Waals surface area contributed by atoms with Crippen LogP contribution in [0.5, 0.6) is 5.75 Å². The van der Waals surface area contributed by atoms with Crippen molar-refractivity contribution >= 4 is 17.5 Å². The lowest BCUT2D eigenvalue weighted by Gasteiger charge is -2.19. The zero-order valence-corrected chi connectivity index (χ0v) is 10.9. The first-order valence-corrected chi connectivity index (χ1v) is 6.36. The van der Waals surface area contributed by atoms with Crippen LogP contribution in [-0.4, -0.2) is 24.0 Å². The molecule has 0 saturated carbocycles. The van der Waals surface area contributed by atoms with E-state index in [0.717, 1.165) is 11.3 Å². The van der Waals surface area contributed by atoms with Crippen LogP contribution in [0, 0.1) is 0 Å². The number of rotatable bonds is 1. The second kappa shape index (κ2) is 4.97. The largest absolute Gasteiger partial charge is 0.491 e. The van der Waals surface area contributed by atoms with Gasteiger partial charge in [0.25, 0.3) is 5.91 Å². The third kappa shape index (κ3) is 2.31. The standard InChI is InChI=1S/C14H12ClNO3/c15-13-11(5-7-19-13)14(17)16-6-8-18-12-4-2-1-3-10(12)9-16/h1-5,7H,6,8-9H2. The van der Waals surface area contributed by atoms with Crippen molar-refractivity contribution in [1.29, 1.82) is 0 Å². The van der Waals surface area contributed by atoms with Crippen molar-refractivity contribution in [3.63, 3.8) is 0 Å². The lowest BCUT2D eigenvalue weighted by atomic mass is 10.2. The maximum Gasteiger partial charge on any atom is 0.259 e. The summed E-state index contributed by atoms with van der Waals surface area (Å²) in [6, 6.07) is 9.30. The zero-order chi connectivity index (χ0) is 13.2. The van der Waals surface area contributed by atoms with E-state index < -0.39 is 0 Å². The van der Waals surface area contributed by atoms with Crippen molar-refractivity contribution in [2.45, 2.75) is 6.54 Å². The van der Waals surface area contributed by atoms with E-state index in [4.69, 9.17) is 20.8 Å². The average Bonchev–Trinajstić information content (AvgIpc) is 2.73. The number of hydrogen-bond donors (Lipinski definition) is 0. The van der Waals surface area contributed by atoms with E-state index in [1.165, 1.54) is 6.26 Å². The van der Waals surface area contributed by atoms with Gasteiger partial charge in [0, 0.05) is 12.1 Å². The third-order valence-electron chi connectivity index (χ3n) is 3.09. The molecule has 1 aliphatic heterocycles. The number of carbonyl (C=O) groups excluding carboxylic acids is 1. The van der Waals surface area contributed by atoms with Crippen LogP contribution in [0.4, 0.5) is 0 Å². The maximum absolute atomic E-state index is 12.4. The van der Waals surface area contributed by atoms with E-state index in [9.17, 15) is 4.79 Å². The number of ether oxygens (including phenoxy) is 1. The summed E-state index contributed by atoms with van der Waals surface area (Å²) < 4.78 is 10.6. The molecule has 0 fully saturated rings. The lowest BCUT2D eigenvalue weighted by Crippen LogP contribution is -2.32. The van der Waals surface area contributed by atoms with Crippen molar-refractivity contribution < 1.29 is 13.9 Å². The highest BCUT2D eigenvalue weighted by Crippen LogP contribution is 2.25. The summed E-state index contributed by atoms with van der Waals surface area (Å²) in [6.45, 7) is 1.50. The van der Waals surface area contributed by atoms with Crippen LogP contribution in [0.15, 0.2) is 41.0 Å². The molecule has 0 unspecified atom stereocenters. The SMILES string of the molecule is O=C(c1ccoc1Cl)N1CCOc2ccccc2C1. The molecular weight excluding hydrogens is 266 g/mol. The maximum atomic E-state index is 12.4. The van der Waals surface area contributed by atoms with Gasteiger partial charge in [-0.1, -0.05) is 18.2 Å². The highest BCUT2D eigenvalue weighted by molar-refractivity contribution is 6.32. The molecule has 0 atom stereocenters. The topological polar surface area (TPSA) is 42.7 Å². The number of hydrogen-bond acceptors (Lipinski definition) is 3. The molecule has 1 aliphatic rings. The van der Waals surface area contributed by atoms with Gasteiger partial charge in [0.2, 0.25) is 5.22 Å². The van der Waals surface area contributed by atoms with Crippen molar-refractivity contribution in [2.75, 3.05) is 13.2 Å². The number of halogens is 1. The van der Waals surface area contributed by atoms with Gasteiger partial charge in [-0.3, -0.25) is 4.79 Å². The molecule has 19 heavy (non-hydrogen) atoms. The minimum absolute atomic E-state index is 0.128. The molecule has 0 saturated heterocycles. The molecule has 5 heteroatoms. The zero-order valence-electron chi connectivity index (χ0n) is 10.1. The number of nitrogens with zero attached hydrogens (tertiary/aromatic N) is 1. The van der Waals surface area contributed by atoms with Gasteiger partial charge in [-0.25, -0.2) is 0 Å². The molecule has 0 spiro atoms. The molecule has 3 rings (SSSR count). The van der Waals surface area contributed by atoms with E-state index >= 15 is 0 Å². The average molecular weight is 278 g/mol. The Morgan fingerprint density at radius 1 is 1.26 bits per heavy atom. The Balaban J connectivity index is 1.87. The highest BCUT2D eigenvalue weighted by atomic mass is 35.5. The van der Waals surface area contributed by atoms with Crippen LogP contribution < -0.4 is 4.74 Å². The second-order valence-corrected chi connectivity index (χ2v) is 4.63. The molecule has 1 aromatic heterocycles. The number of carbonyl (C=O) groups is 1. The van der Waals surface area contributed by atoms with Gasteiger partial charge in [0.15, 0.2) is 0 Å². The number of para-hydroxylation sites is 1. The first-order valence-electron chi connectivity index (χ1n) is 5.98. The van der Waals surface area contributed by atoms with Crippen LogP contribution in [0.2, 0.25) is 5.22 Å². The molecule has 0 bridgehead atoms. The van der Waals surface area contributed by atoms with E-state index in [1.807, 2.05) is 24.3 Å². The van der Waals surface area contributed by atoms with Crippen molar-refractivity contribution in [2.24, 2.45) is 0 Å². The monoisotopic (exact) mass is 277 g/mol. The minimum atomic E-state index is -0.140. The molecule has 0 N–H and O–H groups in total. The molecule has 2 heterocycles. The molecule has 0 aliphatic carbocycles. The summed E-state index contributed by atoms with van der Waals surface area (Å²) in [5.41, 5.74) is 1.38. The number of amides is 1. The summed E-state index contributed by atoms with van der Waals surface area (Å²) in [6.07, 6.45) is 1.41. The van der Waals surface area contributed by atoms with Gasteiger partial charge in [-0.05, 0) is 23.7 Å². The Hall–Kier alpha value is -1.94. The molecule has 1 amide bonds. The van der Waals surface area contributed by atoms with Gasteiger partial charge < -0.3 is 14.1 Å². The van der Waals surface area contributed by atoms with E-state index in [0.29, 0.717) is 25.3 Å². The van der Waals surface area contributed by atoms with Crippen LogP contribution in [0.25, 0.3) is 0 Å². The molecular formula is C14H12ClNO3. The summed E-state index contributed by atoms with van der Waals surface area (Å²) in [5.74, 6) is 0.690. The first kappa shape index (κ1) is 12.1. The van der Waals surface area contributed by atoms with E-state index in [2.05, 4.69) is 0 Å². The lowest BCUT2D eigenvalue weighted by molar-refractivity contribution is 0.0732. The highest BCUT2D eigenvalue weighted by Gasteiger charge is 2.23. The molecule has 0 radical (unpaired) electrons. The number of benzene rings is 1. The Bertz CT molecular complexity index is 608. The van der Waals surface area contributed by atoms with Gasteiger partial charge in [-0.15, -0.1) is 0 Å². The molecule has 2 aromatic rings. The Labute approximate surface area is 115 Å².